The number of hydrogen-bond donors (Lipinski definition) is 2. The van der Waals surface area contributed by atoms with Gasteiger partial charge in [0.25, 0.3) is 0 Å². The number of carbonyl (C=O) groups excluding carboxylic acids is 1. The van der Waals surface area contributed by atoms with Crippen LogP contribution >= 0.6 is 0 Å². The van der Waals surface area contributed by atoms with Gasteiger partial charge in [0.05, 0.1) is 11.9 Å². The van der Waals surface area contributed by atoms with Crippen molar-refractivity contribution >= 4 is 22.5 Å². The van der Waals surface area contributed by atoms with E-state index in [4.69, 9.17) is 0 Å². The standard InChI is InChI=1S/C18H20N4O/c1-22(2)9-7-18(23)21-14-10-13(11-19-12-14)15-4-3-5-17-16(15)6-8-20-17/h3-6,8,10-12,20H,7,9H2,1-2H3,(H,21,23). The Bertz CT molecular complexity index is 823. The number of benzene rings is 1. The molecular formula is C18H20N4O. The van der Waals surface area contributed by atoms with Crippen LogP contribution in [0.5, 0.6) is 0 Å². The van der Waals surface area contributed by atoms with Crippen molar-refractivity contribution in [2.24, 2.45) is 0 Å². The van der Waals surface area contributed by atoms with Gasteiger partial charge in [0.15, 0.2) is 0 Å². The molecule has 5 nitrogen and oxygen atoms in total. The summed E-state index contributed by atoms with van der Waals surface area (Å²) in [7, 11) is 3.90. The van der Waals surface area contributed by atoms with Crippen molar-refractivity contribution < 1.29 is 4.79 Å². The first-order chi connectivity index (χ1) is 11.1. The summed E-state index contributed by atoms with van der Waals surface area (Å²) in [6.07, 6.45) is 5.88. The third-order valence-electron chi connectivity index (χ3n) is 3.71. The lowest BCUT2D eigenvalue weighted by Crippen LogP contribution is -2.20. The molecule has 0 aliphatic heterocycles. The molecule has 1 amide bonds. The second-order valence-corrected chi connectivity index (χ2v) is 5.81. The van der Waals surface area contributed by atoms with Gasteiger partial charge in [-0.15, -0.1) is 0 Å². The minimum absolute atomic E-state index is 0.00231. The highest BCUT2D eigenvalue weighted by atomic mass is 16.1. The minimum Gasteiger partial charge on any atom is -0.361 e. The van der Waals surface area contributed by atoms with Crippen molar-refractivity contribution in [3.8, 4) is 11.1 Å². The molecule has 0 saturated carbocycles. The van der Waals surface area contributed by atoms with Crippen LogP contribution in [0.15, 0.2) is 48.9 Å². The third kappa shape index (κ3) is 3.57. The molecule has 0 fully saturated rings. The monoisotopic (exact) mass is 308 g/mol. The lowest BCUT2D eigenvalue weighted by Gasteiger charge is -2.10. The molecule has 0 unspecified atom stereocenters. The highest BCUT2D eigenvalue weighted by molar-refractivity contribution is 5.96. The molecule has 0 atom stereocenters. The second kappa shape index (κ2) is 6.62. The van der Waals surface area contributed by atoms with Gasteiger partial charge in [-0.3, -0.25) is 9.78 Å². The van der Waals surface area contributed by atoms with Crippen molar-refractivity contribution in [3.63, 3.8) is 0 Å². The van der Waals surface area contributed by atoms with E-state index in [0.717, 1.165) is 34.3 Å². The van der Waals surface area contributed by atoms with E-state index in [1.807, 2.05) is 55.7 Å². The zero-order valence-corrected chi connectivity index (χ0v) is 13.3. The van der Waals surface area contributed by atoms with Gasteiger partial charge in [-0.1, -0.05) is 12.1 Å². The molecule has 0 saturated heterocycles. The number of carbonyl (C=O) groups is 1. The van der Waals surface area contributed by atoms with E-state index >= 15 is 0 Å². The average molecular weight is 308 g/mol. The van der Waals surface area contributed by atoms with E-state index in [9.17, 15) is 4.79 Å². The summed E-state index contributed by atoms with van der Waals surface area (Å²) in [5.41, 5.74) is 3.89. The molecule has 0 aliphatic carbocycles. The number of pyridine rings is 1. The van der Waals surface area contributed by atoms with Crippen LogP contribution in [-0.2, 0) is 4.79 Å². The van der Waals surface area contributed by atoms with Gasteiger partial charge in [0.1, 0.15) is 0 Å². The summed E-state index contributed by atoms with van der Waals surface area (Å²) < 4.78 is 0. The molecular weight excluding hydrogens is 288 g/mol. The molecule has 0 aliphatic rings. The fraction of sp³-hybridized carbons (Fsp3) is 0.222. The molecule has 5 heteroatoms. The Morgan fingerprint density at radius 2 is 2.13 bits per heavy atom. The molecule has 3 aromatic rings. The molecule has 2 heterocycles. The minimum atomic E-state index is -0.00231. The van der Waals surface area contributed by atoms with E-state index in [2.05, 4.69) is 21.4 Å². The van der Waals surface area contributed by atoms with Gasteiger partial charge in [-0.25, -0.2) is 0 Å². The fourth-order valence-corrected chi connectivity index (χ4v) is 2.54. The van der Waals surface area contributed by atoms with Gasteiger partial charge in [-0.05, 0) is 37.9 Å². The first kappa shape index (κ1) is 15.2. The highest BCUT2D eigenvalue weighted by Crippen LogP contribution is 2.28. The van der Waals surface area contributed by atoms with Crippen LogP contribution in [0.3, 0.4) is 0 Å². The number of nitrogens with one attached hydrogen (secondary N) is 2. The van der Waals surface area contributed by atoms with Crippen molar-refractivity contribution in [1.82, 2.24) is 14.9 Å². The SMILES string of the molecule is CN(C)CCC(=O)Nc1cncc(-c2cccc3[nH]ccc23)c1. The number of H-pyrrole nitrogens is 1. The summed E-state index contributed by atoms with van der Waals surface area (Å²) in [6.45, 7) is 0.724. The van der Waals surface area contributed by atoms with Crippen LogP contribution in [0, 0.1) is 0 Å². The lowest BCUT2D eigenvalue weighted by atomic mass is 10.0. The van der Waals surface area contributed by atoms with Gasteiger partial charge < -0.3 is 15.2 Å². The second-order valence-electron chi connectivity index (χ2n) is 5.81. The normalized spacial score (nSPS) is 11.1. The number of fused-ring (bicyclic) bond motifs is 1. The van der Waals surface area contributed by atoms with Crippen LogP contribution in [0.2, 0.25) is 0 Å². The molecule has 0 bridgehead atoms. The van der Waals surface area contributed by atoms with Gasteiger partial charge in [-0.2, -0.15) is 0 Å². The molecule has 0 spiro atoms. The Morgan fingerprint density at radius 3 is 2.96 bits per heavy atom. The molecule has 118 valence electrons. The number of rotatable bonds is 5. The van der Waals surface area contributed by atoms with Crippen molar-refractivity contribution in [2.45, 2.75) is 6.42 Å². The summed E-state index contributed by atoms with van der Waals surface area (Å²) in [6, 6.07) is 10.1. The Kier molecular flexibility index (Phi) is 4.39. The smallest absolute Gasteiger partial charge is 0.225 e. The Morgan fingerprint density at radius 1 is 1.26 bits per heavy atom. The van der Waals surface area contributed by atoms with Gasteiger partial charge in [0, 0.05) is 41.8 Å². The maximum absolute atomic E-state index is 12.0. The van der Waals surface area contributed by atoms with E-state index in [0.29, 0.717) is 6.42 Å². The van der Waals surface area contributed by atoms with Gasteiger partial charge in [0.2, 0.25) is 5.91 Å². The van der Waals surface area contributed by atoms with E-state index in [-0.39, 0.29) is 5.91 Å². The summed E-state index contributed by atoms with van der Waals surface area (Å²) in [5, 5.41) is 4.06. The largest absolute Gasteiger partial charge is 0.361 e. The maximum atomic E-state index is 12.0. The molecule has 1 aromatic carbocycles. The summed E-state index contributed by atoms with van der Waals surface area (Å²) >= 11 is 0. The van der Waals surface area contributed by atoms with E-state index < -0.39 is 0 Å². The van der Waals surface area contributed by atoms with Crippen LogP contribution in [0.1, 0.15) is 6.42 Å². The first-order valence-corrected chi connectivity index (χ1v) is 7.59. The van der Waals surface area contributed by atoms with E-state index in [1.54, 1.807) is 6.20 Å². The highest BCUT2D eigenvalue weighted by Gasteiger charge is 2.08. The summed E-state index contributed by atoms with van der Waals surface area (Å²) in [4.78, 5) is 21.4. The fourth-order valence-electron chi connectivity index (χ4n) is 2.54. The maximum Gasteiger partial charge on any atom is 0.225 e. The topological polar surface area (TPSA) is 61.0 Å². The first-order valence-electron chi connectivity index (χ1n) is 7.59. The molecule has 2 N–H and O–H groups in total. The molecule has 3 rings (SSSR count). The molecule has 2 aromatic heterocycles. The Hall–Kier alpha value is -2.66. The zero-order valence-electron chi connectivity index (χ0n) is 13.3. The Balaban J connectivity index is 1.83. The van der Waals surface area contributed by atoms with E-state index in [1.165, 1.54) is 0 Å². The number of amides is 1. The van der Waals surface area contributed by atoms with Crippen LogP contribution in [0.25, 0.3) is 22.0 Å². The quantitative estimate of drug-likeness (QED) is 0.761. The predicted molar refractivity (Wildman–Crippen MR) is 93.3 cm³/mol. The zero-order chi connectivity index (χ0) is 16.2. The van der Waals surface area contributed by atoms with Crippen molar-refractivity contribution in [1.29, 1.82) is 0 Å². The van der Waals surface area contributed by atoms with Crippen molar-refractivity contribution in [3.05, 3.63) is 48.9 Å². The average Bonchev–Trinajstić information content (AvgIpc) is 3.01. The van der Waals surface area contributed by atoms with Crippen LogP contribution < -0.4 is 5.32 Å². The molecule has 23 heavy (non-hydrogen) atoms. The lowest BCUT2D eigenvalue weighted by molar-refractivity contribution is -0.116. The number of aromatic amines is 1. The number of nitrogens with zero attached hydrogens (tertiary/aromatic N) is 2. The van der Waals surface area contributed by atoms with Crippen LogP contribution in [0.4, 0.5) is 5.69 Å². The number of anilines is 1. The molecule has 0 radical (unpaired) electrons. The number of hydrogen-bond acceptors (Lipinski definition) is 3. The van der Waals surface area contributed by atoms with Gasteiger partial charge >= 0.3 is 0 Å². The van der Waals surface area contributed by atoms with Crippen LogP contribution in [-0.4, -0.2) is 41.4 Å². The van der Waals surface area contributed by atoms with Crippen molar-refractivity contribution in [2.75, 3.05) is 26.0 Å². The summed E-state index contributed by atoms with van der Waals surface area (Å²) in [5.74, 6) is -0.00231. The predicted octanol–water partition coefficient (Wildman–Crippen LogP) is 3.12. The Labute approximate surface area is 135 Å². The third-order valence-corrected chi connectivity index (χ3v) is 3.71. The number of aromatic nitrogens is 2.